The van der Waals surface area contributed by atoms with Gasteiger partial charge in [0.25, 0.3) is 12.4 Å². The van der Waals surface area contributed by atoms with Crippen LogP contribution in [-0.2, 0) is 29.3 Å². The summed E-state index contributed by atoms with van der Waals surface area (Å²) in [6.45, 7) is 7.00. The molecule has 1 fully saturated rings. The van der Waals surface area contributed by atoms with Crippen LogP contribution in [-0.4, -0.2) is 61.9 Å². The van der Waals surface area contributed by atoms with E-state index >= 15 is 0 Å². The summed E-state index contributed by atoms with van der Waals surface area (Å²) in [6, 6.07) is 17.9. The molecule has 2 aliphatic heterocycles. The van der Waals surface area contributed by atoms with Gasteiger partial charge in [0.15, 0.2) is 11.5 Å². The van der Waals surface area contributed by atoms with Gasteiger partial charge < -0.3 is 23.7 Å². The van der Waals surface area contributed by atoms with Crippen molar-refractivity contribution in [3.05, 3.63) is 99.8 Å². The number of halogens is 1. The normalized spacial score (nSPS) is 13.8. The molecule has 6 rings (SSSR count). The minimum atomic E-state index is -0.192. The first kappa shape index (κ1) is 36.8. The van der Waals surface area contributed by atoms with Gasteiger partial charge in [0, 0.05) is 42.4 Å². The molecule has 50 heavy (non-hydrogen) atoms. The van der Waals surface area contributed by atoms with E-state index in [-0.39, 0.29) is 12.5 Å². The van der Waals surface area contributed by atoms with Crippen molar-refractivity contribution in [2.75, 3.05) is 39.7 Å². The first-order valence-corrected chi connectivity index (χ1v) is 18.0. The number of carbonyl (C=O) groups is 2. The highest BCUT2D eigenvalue weighted by Crippen LogP contribution is 2.38. The Balaban J connectivity index is 0.00000115. The number of benzene rings is 3. The van der Waals surface area contributed by atoms with Crippen LogP contribution >= 0.6 is 23.5 Å². The van der Waals surface area contributed by atoms with Crippen LogP contribution in [0.1, 0.15) is 51.9 Å². The minimum absolute atomic E-state index is 0.192. The van der Waals surface area contributed by atoms with Gasteiger partial charge in [-0.1, -0.05) is 54.2 Å². The number of amides is 1. The van der Waals surface area contributed by atoms with Gasteiger partial charge in [0.05, 0.1) is 17.7 Å². The number of rotatable bonds is 12. The van der Waals surface area contributed by atoms with E-state index in [1.165, 1.54) is 38.3 Å². The monoisotopic (exact) mass is 719 g/mol. The predicted molar refractivity (Wildman–Crippen MR) is 195 cm³/mol. The molecule has 0 radical (unpaired) electrons. The second kappa shape index (κ2) is 18.5. The number of fused-ring (bicyclic) bond motifs is 1. The molecule has 1 amide bonds. The van der Waals surface area contributed by atoms with Crippen LogP contribution < -0.4 is 23.7 Å². The maximum atomic E-state index is 12.3. The maximum absolute atomic E-state index is 12.3. The molecule has 1 N–H and O–H groups in total. The number of pyridine rings is 1. The van der Waals surface area contributed by atoms with E-state index in [2.05, 4.69) is 44.5 Å². The number of nitrogens with one attached hydrogen (secondary N) is 1. The van der Waals surface area contributed by atoms with E-state index in [1.807, 2.05) is 30.3 Å². The fourth-order valence-electron chi connectivity index (χ4n) is 5.83. The fourth-order valence-corrected chi connectivity index (χ4v) is 6.37. The Morgan fingerprint density at radius 1 is 0.960 bits per heavy atom. The van der Waals surface area contributed by atoms with Gasteiger partial charge in [-0.05, 0) is 79.4 Å². The third kappa shape index (κ3) is 9.83. The predicted octanol–water partition coefficient (Wildman–Crippen LogP) is 7.42. The van der Waals surface area contributed by atoms with Crippen LogP contribution in [0.5, 0.6) is 23.0 Å². The molecule has 0 bridgehead atoms. The Kier molecular flexibility index (Phi) is 13.6. The quantitative estimate of drug-likeness (QED) is 0.117. The summed E-state index contributed by atoms with van der Waals surface area (Å²) in [6.07, 6.45) is 8.70. The largest absolute Gasteiger partial charge is 0.488 e. The van der Waals surface area contributed by atoms with Crippen molar-refractivity contribution >= 4 is 35.9 Å². The SMILES string of the molecule is COC=O.CSNC(=O)c1cncc(COc2cc(OCc3cccc(-c4ccc5c(c4)OCCO5)c3C)c(Cl)cc2CN2CCCCC2)c1. The van der Waals surface area contributed by atoms with E-state index in [0.717, 1.165) is 64.5 Å². The number of methoxy groups -OCH3 is 1. The van der Waals surface area contributed by atoms with E-state index in [0.29, 0.717) is 48.4 Å². The van der Waals surface area contributed by atoms with Gasteiger partial charge in [-0.2, -0.15) is 0 Å². The highest BCUT2D eigenvalue weighted by atomic mass is 35.5. The Bertz CT molecular complexity index is 1770. The summed E-state index contributed by atoms with van der Waals surface area (Å²) in [5.41, 5.74) is 6.61. The third-order valence-electron chi connectivity index (χ3n) is 8.38. The molecular weight excluding hydrogens is 678 g/mol. The number of aromatic nitrogens is 1. The third-order valence-corrected chi connectivity index (χ3v) is 9.07. The molecule has 1 aromatic heterocycles. The molecule has 3 heterocycles. The molecule has 2 aliphatic rings. The molecule has 4 aromatic rings. The number of likely N-dealkylation sites (tertiary alicyclic amines) is 1. The summed E-state index contributed by atoms with van der Waals surface area (Å²) in [5.74, 6) is 2.59. The fraction of sp³-hybridized carbons (Fsp3) is 0.342. The zero-order valence-electron chi connectivity index (χ0n) is 28.5. The highest BCUT2D eigenvalue weighted by molar-refractivity contribution is 7.97. The van der Waals surface area contributed by atoms with Gasteiger partial charge in [-0.25, -0.2) is 0 Å². The molecule has 0 aliphatic carbocycles. The molecule has 12 heteroatoms. The number of carbonyl (C=O) groups excluding carboxylic acids is 2. The van der Waals surface area contributed by atoms with Gasteiger partial charge in [-0.15, -0.1) is 0 Å². The van der Waals surface area contributed by atoms with Crippen molar-refractivity contribution in [1.29, 1.82) is 0 Å². The smallest absolute Gasteiger partial charge is 0.292 e. The Hall–Kier alpha value is -4.45. The molecule has 0 unspecified atom stereocenters. The lowest BCUT2D eigenvalue weighted by molar-refractivity contribution is -0.126. The number of ether oxygens (including phenoxy) is 5. The van der Waals surface area contributed by atoms with Crippen LogP contribution in [0.25, 0.3) is 11.1 Å². The topological polar surface area (TPSA) is 108 Å². The van der Waals surface area contributed by atoms with E-state index in [1.54, 1.807) is 24.7 Å². The summed E-state index contributed by atoms with van der Waals surface area (Å²) in [4.78, 5) is 28.0. The second-order valence-electron chi connectivity index (χ2n) is 11.8. The molecule has 0 atom stereocenters. The lowest BCUT2D eigenvalue weighted by Crippen LogP contribution is -2.29. The van der Waals surface area contributed by atoms with Crippen molar-refractivity contribution in [1.82, 2.24) is 14.6 Å². The summed E-state index contributed by atoms with van der Waals surface area (Å²) < 4.78 is 30.9. The number of piperidine rings is 1. The van der Waals surface area contributed by atoms with Gasteiger partial charge in [0.2, 0.25) is 0 Å². The van der Waals surface area contributed by atoms with Gasteiger partial charge in [0.1, 0.15) is 37.9 Å². The molecule has 264 valence electrons. The summed E-state index contributed by atoms with van der Waals surface area (Å²) >= 11 is 8.09. The Morgan fingerprint density at radius 2 is 1.72 bits per heavy atom. The van der Waals surface area contributed by atoms with Crippen molar-refractivity contribution in [3.8, 4) is 34.1 Å². The highest BCUT2D eigenvalue weighted by Gasteiger charge is 2.19. The summed E-state index contributed by atoms with van der Waals surface area (Å²) in [5, 5.41) is 0.539. The van der Waals surface area contributed by atoms with Crippen molar-refractivity contribution in [2.24, 2.45) is 0 Å². The van der Waals surface area contributed by atoms with E-state index < -0.39 is 0 Å². The van der Waals surface area contributed by atoms with Gasteiger partial charge >= 0.3 is 0 Å². The average Bonchev–Trinajstić information content (AvgIpc) is 3.15. The van der Waals surface area contributed by atoms with Crippen LogP contribution in [0.2, 0.25) is 5.02 Å². The van der Waals surface area contributed by atoms with Gasteiger partial charge in [-0.3, -0.25) is 24.2 Å². The maximum Gasteiger partial charge on any atom is 0.292 e. The lowest BCUT2D eigenvalue weighted by atomic mass is 9.96. The van der Waals surface area contributed by atoms with Crippen LogP contribution in [0.3, 0.4) is 0 Å². The number of nitrogens with zero attached hydrogens (tertiary/aromatic N) is 2. The van der Waals surface area contributed by atoms with E-state index in [9.17, 15) is 4.79 Å². The number of hydrogen-bond acceptors (Lipinski definition) is 10. The standard InChI is InChI=1S/C36H38ClN3O5S.C2H4O2/c1-24-27(7-6-8-30(24)26-9-10-32-35(17-26)43-14-13-42-32)23-45-34-18-33(29(16-31(34)37)21-40-11-4-3-5-12-40)44-22-25-15-28(20-38-19-25)36(41)39-46-2;1-4-2-3/h6-10,15-20H,3-5,11-14,21-23H2,1-2H3,(H,39,41);2H,1H3. The molecular formula is C38H42ClN3O7S. The average molecular weight is 720 g/mol. The van der Waals surface area contributed by atoms with Crippen molar-refractivity contribution in [2.45, 2.75) is 45.9 Å². The second-order valence-corrected chi connectivity index (χ2v) is 12.8. The summed E-state index contributed by atoms with van der Waals surface area (Å²) in [7, 11) is 1.31. The molecule has 1 saturated heterocycles. The van der Waals surface area contributed by atoms with Crippen LogP contribution in [0.15, 0.2) is 67.0 Å². The number of hydrogen-bond donors (Lipinski definition) is 1. The van der Waals surface area contributed by atoms with E-state index in [4.69, 9.17) is 35.3 Å². The lowest BCUT2D eigenvalue weighted by Gasteiger charge is -2.27. The first-order valence-electron chi connectivity index (χ1n) is 16.4. The first-order chi connectivity index (χ1) is 24.4. The Labute approximate surface area is 302 Å². The zero-order valence-corrected chi connectivity index (χ0v) is 30.1. The molecule has 0 saturated carbocycles. The minimum Gasteiger partial charge on any atom is -0.488 e. The Morgan fingerprint density at radius 3 is 2.48 bits per heavy atom. The van der Waals surface area contributed by atoms with Crippen molar-refractivity contribution in [3.63, 3.8) is 0 Å². The zero-order chi connectivity index (χ0) is 35.3. The molecule has 0 spiro atoms. The van der Waals surface area contributed by atoms with Crippen molar-refractivity contribution < 1.29 is 33.3 Å². The molecule has 10 nitrogen and oxygen atoms in total. The molecule has 3 aromatic carbocycles. The van der Waals surface area contributed by atoms with Crippen LogP contribution in [0.4, 0.5) is 0 Å². The van der Waals surface area contributed by atoms with Crippen LogP contribution in [0, 0.1) is 6.92 Å².